The number of imide groups is 1. The number of ether oxygens (including phenoxy) is 2. The molecule has 202 valence electrons. The smallest absolute Gasteiger partial charge is 0.324 e. The van der Waals surface area contributed by atoms with Gasteiger partial charge in [-0.15, -0.1) is 0 Å². The van der Waals surface area contributed by atoms with Gasteiger partial charge >= 0.3 is 12.0 Å². The number of likely N-dealkylation sites (tertiary alicyclic amines) is 1. The normalized spacial score (nSPS) is 24.3. The van der Waals surface area contributed by atoms with Gasteiger partial charge < -0.3 is 25.6 Å². The summed E-state index contributed by atoms with van der Waals surface area (Å²) in [6, 6.07) is 11.0. The number of carboxylic acids is 1. The average Bonchev–Trinajstić information content (AvgIpc) is 3.37. The quantitative estimate of drug-likeness (QED) is 0.270. The Morgan fingerprint density at radius 3 is 2.42 bits per heavy atom. The minimum atomic E-state index is -1.76. The molecule has 2 aromatic carbocycles. The van der Waals surface area contributed by atoms with Gasteiger partial charge in [0.15, 0.2) is 0 Å². The lowest BCUT2D eigenvalue weighted by Crippen LogP contribution is -2.56. The highest BCUT2D eigenvalue weighted by molar-refractivity contribution is 6.09. The average molecular weight is 525 g/mol. The number of nitrogens with zero attached hydrogens (tertiary/aromatic N) is 1. The van der Waals surface area contributed by atoms with Gasteiger partial charge in [0.25, 0.3) is 0 Å². The number of fused-ring (bicyclic) bond motifs is 1. The van der Waals surface area contributed by atoms with Crippen molar-refractivity contribution < 1.29 is 33.8 Å². The maximum atomic E-state index is 13.9. The summed E-state index contributed by atoms with van der Waals surface area (Å²) in [6.07, 6.45) is 0.201. The number of carbonyl (C=O) groups is 4. The van der Waals surface area contributed by atoms with Crippen molar-refractivity contribution in [3.05, 3.63) is 59.2 Å². The fraction of sp³-hybridized carbons (Fsp3) is 0.407. The van der Waals surface area contributed by atoms with E-state index in [1.54, 1.807) is 31.2 Å². The molecule has 11 heteroatoms. The molecule has 4 atom stereocenters. The van der Waals surface area contributed by atoms with E-state index >= 15 is 0 Å². The van der Waals surface area contributed by atoms with Crippen molar-refractivity contribution in [2.45, 2.75) is 37.9 Å². The number of primary amides is 1. The minimum absolute atomic E-state index is 0.0179. The summed E-state index contributed by atoms with van der Waals surface area (Å²) in [5.41, 5.74) is 5.39. The van der Waals surface area contributed by atoms with Gasteiger partial charge in [-0.1, -0.05) is 36.4 Å². The van der Waals surface area contributed by atoms with E-state index < -0.39 is 47.2 Å². The number of hydrogen-bond acceptors (Lipinski definition) is 7. The fourth-order valence-electron chi connectivity index (χ4n) is 5.79. The van der Waals surface area contributed by atoms with E-state index in [0.29, 0.717) is 22.6 Å². The standard InChI is InChI=1S/C27H32N4O7/c1-15-18(37-2)11-10-17(22(15)38-3)21-19-20(27(30-21,25(34)35)12-7-13-29-26(28)36)24(33)31(23(19)32)14-16-8-5-4-6-9-16/h4-6,8-11,19-21,30H,7,12-14H2,1-3H3,(H,34,35)(H3,28,29,36). The van der Waals surface area contributed by atoms with Gasteiger partial charge in [-0.3, -0.25) is 24.6 Å². The highest BCUT2D eigenvalue weighted by Crippen LogP contribution is 2.53. The number of methoxy groups -OCH3 is 2. The molecule has 4 amide bonds. The van der Waals surface area contributed by atoms with Crippen molar-refractivity contribution in [1.29, 1.82) is 0 Å². The van der Waals surface area contributed by atoms with Gasteiger partial charge in [0, 0.05) is 23.7 Å². The number of urea groups is 1. The number of carboxylic acid groups (broad SMARTS) is 1. The van der Waals surface area contributed by atoms with Gasteiger partial charge in [0.2, 0.25) is 11.8 Å². The van der Waals surface area contributed by atoms with Crippen LogP contribution in [0.15, 0.2) is 42.5 Å². The molecule has 2 aromatic rings. The molecule has 0 aliphatic carbocycles. The lowest BCUT2D eigenvalue weighted by molar-refractivity contribution is -0.152. The number of aliphatic carboxylic acids is 1. The van der Waals surface area contributed by atoms with Crippen LogP contribution in [-0.4, -0.2) is 60.1 Å². The van der Waals surface area contributed by atoms with Crippen LogP contribution < -0.4 is 25.8 Å². The lowest BCUT2D eigenvalue weighted by Gasteiger charge is -2.31. The number of rotatable bonds is 10. The number of amides is 4. The summed E-state index contributed by atoms with van der Waals surface area (Å²) in [5, 5.41) is 16.1. The molecule has 38 heavy (non-hydrogen) atoms. The van der Waals surface area contributed by atoms with Gasteiger partial charge in [0.1, 0.15) is 17.0 Å². The molecule has 2 heterocycles. The van der Waals surface area contributed by atoms with E-state index in [1.807, 2.05) is 18.2 Å². The maximum absolute atomic E-state index is 13.9. The summed E-state index contributed by atoms with van der Waals surface area (Å²) >= 11 is 0. The summed E-state index contributed by atoms with van der Waals surface area (Å²) in [5.74, 6) is -3.37. The molecule has 2 saturated heterocycles. The third-order valence-corrected chi connectivity index (χ3v) is 7.50. The SMILES string of the molecule is COc1ccc(C2NC(CCCNC(N)=O)(C(=O)O)C3C(=O)N(Cc4ccccc4)C(=O)C23)c(OC)c1C. The first-order chi connectivity index (χ1) is 18.2. The van der Waals surface area contributed by atoms with Crippen molar-refractivity contribution >= 4 is 23.8 Å². The zero-order valence-corrected chi connectivity index (χ0v) is 21.5. The van der Waals surface area contributed by atoms with Gasteiger partial charge in [-0.2, -0.15) is 0 Å². The second-order valence-electron chi connectivity index (χ2n) is 9.56. The number of nitrogens with two attached hydrogens (primary N) is 1. The second-order valence-corrected chi connectivity index (χ2v) is 9.56. The van der Waals surface area contributed by atoms with Crippen molar-refractivity contribution in [2.75, 3.05) is 20.8 Å². The molecular formula is C27H32N4O7. The van der Waals surface area contributed by atoms with Crippen LogP contribution in [0.25, 0.3) is 0 Å². The number of carbonyl (C=O) groups excluding carboxylic acids is 3. The van der Waals surface area contributed by atoms with Gasteiger partial charge in [0.05, 0.1) is 32.6 Å². The van der Waals surface area contributed by atoms with Gasteiger partial charge in [-0.25, -0.2) is 4.79 Å². The molecule has 0 bridgehead atoms. The monoisotopic (exact) mass is 524 g/mol. The molecule has 2 fully saturated rings. The molecule has 4 unspecified atom stereocenters. The number of benzene rings is 2. The van der Waals surface area contributed by atoms with E-state index in [1.165, 1.54) is 14.2 Å². The molecule has 11 nitrogen and oxygen atoms in total. The maximum Gasteiger partial charge on any atom is 0.324 e. The summed E-state index contributed by atoms with van der Waals surface area (Å²) in [6.45, 7) is 1.96. The summed E-state index contributed by atoms with van der Waals surface area (Å²) < 4.78 is 11.1. The Kier molecular flexibility index (Phi) is 7.58. The van der Waals surface area contributed by atoms with Crippen LogP contribution in [0.5, 0.6) is 11.5 Å². The molecule has 0 saturated carbocycles. The molecule has 2 aliphatic rings. The topological polar surface area (TPSA) is 160 Å². The Morgan fingerprint density at radius 2 is 1.82 bits per heavy atom. The molecular weight excluding hydrogens is 492 g/mol. The second kappa shape index (κ2) is 10.7. The van der Waals surface area contributed by atoms with Crippen molar-refractivity contribution in [3.63, 3.8) is 0 Å². The zero-order chi connectivity index (χ0) is 27.6. The molecule has 4 rings (SSSR count). The van der Waals surface area contributed by atoms with Crippen molar-refractivity contribution in [2.24, 2.45) is 17.6 Å². The third-order valence-electron chi connectivity index (χ3n) is 7.50. The Hall–Kier alpha value is -4.12. The van der Waals surface area contributed by atoms with E-state index in [2.05, 4.69) is 10.6 Å². The van der Waals surface area contributed by atoms with E-state index in [-0.39, 0.29) is 25.9 Å². The number of nitrogens with one attached hydrogen (secondary N) is 2. The first kappa shape index (κ1) is 26.9. The molecule has 0 spiro atoms. The highest BCUT2D eigenvalue weighted by atomic mass is 16.5. The van der Waals surface area contributed by atoms with Crippen LogP contribution in [-0.2, 0) is 20.9 Å². The lowest BCUT2D eigenvalue weighted by atomic mass is 9.76. The molecule has 0 radical (unpaired) electrons. The van der Waals surface area contributed by atoms with Crippen molar-refractivity contribution in [3.8, 4) is 11.5 Å². The molecule has 5 N–H and O–H groups in total. The van der Waals surface area contributed by atoms with E-state index in [4.69, 9.17) is 15.2 Å². The summed E-state index contributed by atoms with van der Waals surface area (Å²) in [4.78, 5) is 52.9. The van der Waals surface area contributed by atoms with E-state index in [0.717, 1.165) is 10.5 Å². The summed E-state index contributed by atoms with van der Waals surface area (Å²) in [7, 11) is 3.02. The highest BCUT2D eigenvalue weighted by Gasteiger charge is 2.68. The van der Waals surface area contributed by atoms with Crippen LogP contribution in [0.1, 0.15) is 35.6 Å². The van der Waals surface area contributed by atoms with Crippen molar-refractivity contribution in [1.82, 2.24) is 15.5 Å². The first-order valence-electron chi connectivity index (χ1n) is 12.3. The zero-order valence-electron chi connectivity index (χ0n) is 21.5. The Balaban J connectivity index is 1.80. The Morgan fingerprint density at radius 1 is 1.11 bits per heavy atom. The van der Waals surface area contributed by atoms with Gasteiger partial charge in [-0.05, 0) is 31.4 Å². The van der Waals surface area contributed by atoms with Crippen LogP contribution in [0, 0.1) is 18.8 Å². The fourth-order valence-corrected chi connectivity index (χ4v) is 5.79. The predicted octanol–water partition coefficient (Wildman–Crippen LogP) is 1.73. The Labute approximate surface area is 220 Å². The predicted molar refractivity (Wildman–Crippen MR) is 136 cm³/mol. The Bertz CT molecular complexity index is 1250. The molecule has 2 aliphatic heterocycles. The number of hydrogen-bond donors (Lipinski definition) is 4. The third kappa shape index (κ3) is 4.53. The minimum Gasteiger partial charge on any atom is -0.496 e. The molecule has 0 aromatic heterocycles. The first-order valence-corrected chi connectivity index (χ1v) is 12.3. The van der Waals surface area contributed by atoms with Crippen LogP contribution >= 0.6 is 0 Å². The largest absolute Gasteiger partial charge is 0.496 e. The van der Waals surface area contributed by atoms with Crippen LogP contribution in [0.4, 0.5) is 4.79 Å². The van der Waals surface area contributed by atoms with E-state index in [9.17, 15) is 24.3 Å². The van der Waals surface area contributed by atoms with Crippen LogP contribution in [0.2, 0.25) is 0 Å². The van der Waals surface area contributed by atoms with Crippen LogP contribution in [0.3, 0.4) is 0 Å².